The number of carbonyl (C=O) groups excluding carboxylic acids is 5. The SMILES string of the molecule is CCn1c(-c2cccnc2C(C)C)c2c3cc(ccc31)-c1cc(O)cc(c1)C[C@H](NC(=O)[C@H](C(C)C)N(C)C(=O)CN(C)C(=O)[C@@H]1CN1C1COC1)C(=O)N1CCC[C@H](N1)C(=O)OCC(C)(C)C2. The van der Waals surface area contributed by atoms with Gasteiger partial charge in [0.05, 0.1) is 43.8 Å². The van der Waals surface area contributed by atoms with E-state index in [1.807, 2.05) is 38.2 Å². The highest BCUT2D eigenvalue weighted by Gasteiger charge is 2.48. The summed E-state index contributed by atoms with van der Waals surface area (Å²) in [4.78, 5) is 79.9. The van der Waals surface area contributed by atoms with Crippen molar-refractivity contribution in [3.8, 4) is 28.1 Å². The van der Waals surface area contributed by atoms with Crippen molar-refractivity contribution in [2.75, 3.05) is 53.6 Å². The van der Waals surface area contributed by atoms with Gasteiger partial charge < -0.3 is 34.3 Å². The summed E-state index contributed by atoms with van der Waals surface area (Å²) in [6.45, 7) is 16.9. The molecule has 4 amide bonds. The van der Waals surface area contributed by atoms with Crippen LogP contribution in [0.2, 0.25) is 0 Å². The first-order valence-corrected chi connectivity index (χ1v) is 24.2. The number of benzene rings is 2. The minimum Gasteiger partial charge on any atom is -0.508 e. The number of carbonyl (C=O) groups is 5. The zero-order valence-corrected chi connectivity index (χ0v) is 41.0. The lowest BCUT2D eigenvalue weighted by Gasteiger charge is -2.37. The minimum absolute atomic E-state index is 0.00654. The first kappa shape index (κ1) is 48.6. The van der Waals surface area contributed by atoms with Crippen molar-refractivity contribution in [2.45, 2.75) is 117 Å². The molecule has 3 fully saturated rings. The maximum atomic E-state index is 14.7. The highest BCUT2D eigenvalue weighted by Crippen LogP contribution is 2.42. The van der Waals surface area contributed by atoms with Crippen molar-refractivity contribution in [3.63, 3.8) is 0 Å². The Labute approximate surface area is 399 Å². The first-order valence-electron chi connectivity index (χ1n) is 24.2. The van der Waals surface area contributed by atoms with Crippen LogP contribution in [0.15, 0.2) is 54.7 Å². The van der Waals surface area contributed by atoms with E-state index in [1.54, 1.807) is 19.2 Å². The van der Waals surface area contributed by atoms with E-state index >= 15 is 0 Å². The molecule has 3 saturated heterocycles. The van der Waals surface area contributed by atoms with Crippen LogP contribution >= 0.6 is 0 Å². The Morgan fingerprint density at radius 1 is 1.03 bits per heavy atom. The number of nitrogens with zero attached hydrogens (tertiary/aromatic N) is 6. The highest BCUT2D eigenvalue weighted by atomic mass is 16.5. The zero-order valence-electron chi connectivity index (χ0n) is 41.0. The number of phenols is 1. The summed E-state index contributed by atoms with van der Waals surface area (Å²) < 4.78 is 13.7. The number of aromatic hydroxyl groups is 1. The Morgan fingerprint density at radius 3 is 2.49 bits per heavy atom. The molecular formula is C52H68N8O8. The van der Waals surface area contributed by atoms with E-state index in [0.717, 1.165) is 44.5 Å². The lowest BCUT2D eigenvalue weighted by Crippen LogP contribution is -2.62. The summed E-state index contributed by atoms with van der Waals surface area (Å²) in [6, 6.07) is 12.6. The predicted molar refractivity (Wildman–Crippen MR) is 258 cm³/mol. The van der Waals surface area contributed by atoms with Crippen LogP contribution in [0.25, 0.3) is 33.3 Å². The second-order valence-electron chi connectivity index (χ2n) is 20.6. The van der Waals surface area contributed by atoms with Gasteiger partial charge in [0.25, 0.3) is 5.91 Å². The van der Waals surface area contributed by atoms with Crippen molar-refractivity contribution >= 4 is 40.5 Å². The first-order chi connectivity index (χ1) is 32.3. The van der Waals surface area contributed by atoms with E-state index < -0.39 is 47.2 Å². The lowest BCUT2D eigenvalue weighted by molar-refractivity contribution is -0.155. The Bertz CT molecular complexity index is 2580. The summed E-state index contributed by atoms with van der Waals surface area (Å²) in [6.07, 6.45) is 3.35. The number of hydrogen-bond donors (Lipinski definition) is 3. The van der Waals surface area contributed by atoms with E-state index in [2.05, 4.69) is 73.0 Å². The number of ether oxygens (including phenoxy) is 2. The second-order valence-corrected chi connectivity index (χ2v) is 20.6. The molecule has 1 unspecified atom stereocenters. The molecule has 16 nitrogen and oxygen atoms in total. The number of aromatic nitrogens is 2. The number of amides is 4. The Morgan fingerprint density at radius 2 is 1.79 bits per heavy atom. The number of hydrazine groups is 1. The fourth-order valence-corrected chi connectivity index (χ4v) is 10.3. The monoisotopic (exact) mass is 933 g/mol. The molecule has 68 heavy (non-hydrogen) atoms. The van der Waals surface area contributed by atoms with Gasteiger partial charge in [0.2, 0.25) is 17.7 Å². The van der Waals surface area contributed by atoms with E-state index in [9.17, 15) is 29.1 Å². The van der Waals surface area contributed by atoms with Crippen LogP contribution in [0.4, 0.5) is 0 Å². The Hall–Kier alpha value is -5.84. The number of rotatable bonds is 11. The van der Waals surface area contributed by atoms with Crippen molar-refractivity contribution < 1.29 is 38.6 Å². The lowest BCUT2D eigenvalue weighted by atomic mass is 9.83. The summed E-state index contributed by atoms with van der Waals surface area (Å²) in [5.74, 6) is -2.31. The van der Waals surface area contributed by atoms with Gasteiger partial charge in [-0.25, -0.2) is 5.43 Å². The summed E-state index contributed by atoms with van der Waals surface area (Å²) in [5.41, 5.74) is 10.0. The third-order valence-corrected chi connectivity index (χ3v) is 14.0. The van der Waals surface area contributed by atoms with E-state index in [-0.39, 0.29) is 61.7 Å². The molecule has 0 aliphatic carbocycles. The van der Waals surface area contributed by atoms with Crippen LogP contribution in [-0.2, 0) is 52.8 Å². The zero-order chi connectivity index (χ0) is 48.8. The maximum Gasteiger partial charge on any atom is 0.324 e. The van der Waals surface area contributed by atoms with Crippen molar-refractivity contribution in [3.05, 3.63) is 71.5 Å². The third-order valence-electron chi connectivity index (χ3n) is 14.0. The fraction of sp³-hybridized carbons (Fsp3) is 0.538. The average molecular weight is 933 g/mol. The van der Waals surface area contributed by atoms with Gasteiger partial charge in [-0.3, -0.25) is 38.9 Å². The number of fused-ring (bicyclic) bond motifs is 6. The molecule has 2 aromatic carbocycles. The number of cyclic esters (lactones) is 1. The van der Waals surface area contributed by atoms with Crippen LogP contribution in [0, 0.1) is 11.3 Å². The van der Waals surface area contributed by atoms with Gasteiger partial charge in [0.1, 0.15) is 29.9 Å². The normalized spacial score (nSPS) is 22.3. The molecule has 364 valence electrons. The largest absolute Gasteiger partial charge is 0.508 e. The predicted octanol–water partition coefficient (Wildman–Crippen LogP) is 4.89. The number of phenolic OH excluding ortho intramolecular Hbond substituents is 1. The molecular weight excluding hydrogens is 865 g/mol. The van der Waals surface area contributed by atoms with Gasteiger partial charge >= 0.3 is 5.97 Å². The summed E-state index contributed by atoms with van der Waals surface area (Å²) >= 11 is 0. The summed E-state index contributed by atoms with van der Waals surface area (Å²) in [5, 5.41) is 16.7. The molecule has 0 saturated carbocycles. The van der Waals surface area contributed by atoms with Crippen LogP contribution < -0.4 is 10.7 Å². The van der Waals surface area contributed by atoms with Crippen LogP contribution in [0.3, 0.4) is 0 Å². The number of hydrogen-bond acceptors (Lipinski definition) is 11. The van der Waals surface area contributed by atoms with Gasteiger partial charge in [-0.15, -0.1) is 0 Å². The highest BCUT2D eigenvalue weighted by molar-refractivity contribution is 5.96. The number of likely N-dealkylation sites (N-methyl/N-ethyl adjacent to an activating group) is 2. The van der Waals surface area contributed by atoms with E-state index in [0.29, 0.717) is 51.1 Å². The molecule has 0 radical (unpaired) electrons. The fourth-order valence-electron chi connectivity index (χ4n) is 10.3. The Kier molecular flexibility index (Phi) is 14.0. The molecule has 4 aromatic rings. The number of esters is 1. The van der Waals surface area contributed by atoms with E-state index in [1.165, 1.54) is 21.9 Å². The quantitative estimate of drug-likeness (QED) is 0.138. The van der Waals surface area contributed by atoms with Gasteiger partial charge in [0, 0.05) is 68.2 Å². The van der Waals surface area contributed by atoms with Crippen molar-refractivity contribution in [1.29, 1.82) is 0 Å². The molecule has 5 atom stereocenters. The van der Waals surface area contributed by atoms with Crippen LogP contribution in [0.1, 0.15) is 84.0 Å². The minimum atomic E-state index is -1.17. The molecule has 4 aliphatic heterocycles. The molecule has 3 N–H and O–H groups in total. The summed E-state index contributed by atoms with van der Waals surface area (Å²) in [7, 11) is 3.13. The second kappa shape index (κ2) is 19.6. The molecule has 16 heteroatoms. The van der Waals surface area contributed by atoms with Gasteiger partial charge in [-0.05, 0) is 96.7 Å². The van der Waals surface area contributed by atoms with Gasteiger partial charge in [-0.1, -0.05) is 53.7 Å². The molecule has 8 rings (SSSR count). The molecule has 2 aromatic heterocycles. The smallest absolute Gasteiger partial charge is 0.324 e. The van der Waals surface area contributed by atoms with E-state index in [4.69, 9.17) is 14.5 Å². The standard InChI is InChI=1S/C52H68N8O8/c1-10-58-42-16-15-33-23-38(42)39(47(58)37-13-11-17-53-45(37)30(2)3)24-52(6,7)29-68-51(66)40-14-12-18-60(55-40)49(64)41(21-32-19-34(33)22-36(61)20-32)54-48(63)46(31(4)5)57(9)44(62)26-56(8)50(65)43-25-59(43)35-27-67-28-35/h11,13,15-17,19-20,22-23,30-31,35,40-41,43,46,55,61H,10,12,14,18,21,24-29H2,1-9H3,(H,54,63)/t40-,41-,43-,46-,59?/m0/s1. The Balaban J connectivity index is 1.14. The van der Waals surface area contributed by atoms with Crippen molar-refractivity contribution in [1.82, 2.24) is 40.0 Å². The van der Waals surface area contributed by atoms with Crippen LogP contribution in [-0.4, -0.2) is 148 Å². The molecule has 0 spiro atoms. The van der Waals surface area contributed by atoms with Gasteiger partial charge in [-0.2, -0.15) is 0 Å². The number of nitrogens with one attached hydrogen (secondary N) is 2. The molecule has 6 heterocycles. The number of pyridine rings is 1. The maximum absolute atomic E-state index is 14.7. The van der Waals surface area contributed by atoms with Gasteiger partial charge in [0.15, 0.2) is 0 Å². The average Bonchev–Trinajstić information content (AvgIpc) is 4.00. The molecule has 6 bridgehead atoms. The van der Waals surface area contributed by atoms with Crippen LogP contribution in [0.5, 0.6) is 5.75 Å². The van der Waals surface area contributed by atoms with Crippen molar-refractivity contribution in [2.24, 2.45) is 11.3 Å². The number of aryl methyl sites for hydroxylation is 1. The molecule has 4 aliphatic rings. The topological polar surface area (TPSA) is 179 Å². The third kappa shape index (κ3) is 9.99.